The number of benzene rings is 2. The minimum atomic E-state index is -0.512. The number of anilines is 1. The lowest BCUT2D eigenvalue weighted by Crippen LogP contribution is -2.14. The molecule has 1 amide bonds. The smallest absolute Gasteiger partial charge is 0.337 e. The van der Waals surface area contributed by atoms with Crippen molar-refractivity contribution in [2.45, 2.75) is 13.8 Å². The normalized spacial score (nSPS) is 10.6. The number of carbonyl (C=O) groups is 2. The van der Waals surface area contributed by atoms with Crippen LogP contribution in [-0.4, -0.2) is 28.8 Å². The first-order valence-electron chi connectivity index (χ1n) is 8.61. The van der Waals surface area contributed by atoms with Crippen LogP contribution in [0.15, 0.2) is 42.5 Å². The lowest BCUT2D eigenvalue weighted by molar-refractivity contribution is 0.0600. The summed E-state index contributed by atoms with van der Waals surface area (Å²) in [6, 6.07) is 12.3. The second-order valence-electron chi connectivity index (χ2n) is 6.48. The summed E-state index contributed by atoms with van der Waals surface area (Å²) in [5.41, 5.74) is 5.01. The van der Waals surface area contributed by atoms with Gasteiger partial charge in [0.1, 0.15) is 0 Å². The van der Waals surface area contributed by atoms with Gasteiger partial charge in [0.2, 0.25) is 0 Å². The minimum absolute atomic E-state index is 0.246. The van der Waals surface area contributed by atoms with Gasteiger partial charge < -0.3 is 10.1 Å². The van der Waals surface area contributed by atoms with E-state index >= 15 is 0 Å². The fourth-order valence-electron chi connectivity index (χ4n) is 2.80. The van der Waals surface area contributed by atoms with Gasteiger partial charge in [0.25, 0.3) is 5.91 Å². The molecule has 1 N–H and O–H groups in total. The van der Waals surface area contributed by atoms with Crippen molar-refractivity contribution in [1.29, 1.82) is 0 Å². The van der Waals surface area contributed by atoms with Gasteiger partial charge in [-0.2, -0.15) is 5.10 Å². The van der Waals surface area contributed by atoms with Crippen molar-refractivity contribution in [3.63, 3.8) is 0 Å². The summed E-state index contributed by atoms with van der Waals surface area (Å²) in [5, 5.41) is 7.32. The Balaban J connectivity index is 1.88. The first-order chi connectivity index (χ1) is 13.3. The molecule has 0 saturated carbocycles. The molecule has 0 atom stereocenters. The molecule has 1 heterocycles. The second kappa shape index (κ2) is 7.86. The van der Waals surface area contributed by atoms with Gasteiger partial charge in [-0.05, 0) is 55.3 Å². The van der Waals surface area contributed by atoms with Crippen molar-refractivity contribution in [3.05, 3.63) is 69.9 Å². The fourth-order valence-corrected chi connectivity index (χ4v) is 2.97. The zero-order chi connectivity index (χ0) is 20.4. The highest BCUT2D eigenvalue weighted by Crippen LogP contribution is 2.26. The van der Waals surface area contributed by atoms with E-state index in [1.807, 2.05) is 26.0 Å². The molecule has 7 heteroatoms. The Hall–Kier alpha value is -3.12. The van der Waals surface area contributed by atoms with Crippen LogP contribution in [0.5, 0.6) is 0 Å². The average molecular weight is 398 g/mol. The molecule has 0 spiro atoms. The molecule has 0 aliphatic carbocycles. The molecule has 1 aromatic heterocycles. The summed E-state index contributed by atoms with van der Waals surface area (Å²) in [7, 11) is 3.07. The third-order valence-electron chi connectivity index (χ3n) is 4.55. The number of aromatic nitrogens is 2. The topological polar surface area (TPSA) is 73.2 Å². The van der Waals surface area contributed by atoms with E-state index in [9.17, 15) is 9.59 Å². The Morgan fingerprint density at radius 2 is 1.82 bits per heavy atom. The van der Waals surface area contributed by atoms with Gasteiger partial charge in [-0.3, -0.25) is 9.48 Å². The van der Waals surface area contributed by atoms with Crippen molar-refractivity contribution < 1.29 is 14.3 Å². The molecule has 144 valence electrons. The van der Waals surface area contributed by atoms with Crippen LogP contribution in [0, 0.1) is 13.8 Å². The van der Waals surface area contributed by atoms with Crippen LogP contribution in [0.4, 0.5) is 5.69 Å². The first kappa shape index (κ1) is 19.6. The van der Waals surface area contributed by atoms with Crippen LogP contribution in [0.3, 0.4) is 0 Å². The highest BCUT2D eigenvalue weighted by atomic mass is 35.5. The Kier molecular flexibility index (Phi) is 5.51. The maximum absolute atomic E-state index is 12.7. The third kappa shape index (κ3) is 3.92. The number of hydrogen-bond donors (Lipinski definition) is 1. The lowest BCUT2D eigenvalue weighted by Gasteiger charge is -2.07. The maximum atomic E-state index is 12.7. The molecule has 0 radical (unpaired) electrons. The van der Waals surface area contributed by atoms with E-state index in [-0.39, 0.29) is 5.69 Å². The predicted octanol–water partition coefficient (Wildman–Crippen LogP) is 4.40. The Morgan fingerprint density at radius 3 is 2.50 bits per heavy atom. The fraction of sp³-hybridized carbons (Fsp3) is 0.190. The number of nitrogens with zero attached hydrogens (tertiary/aromatic N) is 2. The van der Waals surface area contributed by atoms with E-state index in [4.69, 9.17) is 16.3 Å². The molecule has 0 unspecified atom stereocenters. The number of nitrogens with one attached hydrogen (secondary N) is 1. The summed E-state index contributed by atoms with van der Waals surface area (Å²) >= 11 is 6.15. The zero-order valence-corrected chi connectivity index (χ0v) is 16.8. The van der Waals surface area contributed by atoms with Crippen LogP contribution >= 0.6 is 11.6 Å². The highest BCUT2D eigenvalue weighted by molar-refractivity contribution is 6.34. The van der Waals surface area contributed by atoms with E-state index in [1.54, 1.807) is 17.8 Å². The number of esters is 1. The molecule has 3 rings (SSSR count). The van der Waals surface area contributed by atoms with E-state index in [1.165, 1.54) is 30.9 Å². The van der Waals surface area contributed by atoms with Crippen LogP contribution in [0.2, 0.25) is 5.02 Å². The van der Waals surface area contributed by atoms with Crippen molar-refractivity contribution in [1.82, 2.24) is 9.78 Å². The molecule has 0 aliphatic rings. The summed E-state index contributed by atoms with van der Waals surface area (Å²) in [4.78, 5) is 24.4. The number of rotatable bonds is 4. The minimum Gasteiger partial charge on any atom is -0.465 e. The standard InChI is InChI=1S/C21H20ClN3O3/c1-12-5-6-14(9-13(12)2)19-11-18(24-25(19)3)20(26)23-17-10-15(21(27)28-4)7-8-16(17)22/h5-11H,1-4H3,(H,23,26). The molecule has 2 aromatic carbocycles. The number of ether oxygens (including phenoxy) is 1. The summed E-state index contributed by atoms with van der Waals surface area (Å²) in [6.07, 6.45) is 0. The van der Waals surface area contributed by atoms with E-state index < -0.39 is 11.9 Å². The molecule has 6 nitrogen and oxygen atoms in total. The molecule has 0 bridgehead atoms. The Morgan fingerprint density at radius 1 is 1.07 bits per heavy atom. The summed E-state index contributed by atoms with van der Waals surface area (Å²) < 4.78 is 6.35. The van der Waals surface area contributed by atoms with E-state index in [2.05, 4.69) is 16.5 Å². The van der Waals surface area contributed by atoms with Crippen LogP contribution in [0.25, 0.3) is 11.3 Å². The molecular formula is C21H20ClN3O3. The average Bonchev–Trinajstić information content (AvgIpc) is 3.07. The lowest BCUT2D eigenvalue weighted by atomic mass is 10.0. The van der Waals surface area contributed by atoms with Crippen molar-refractivity contribution in [2.75, 3.05) is 12.4 Å². The molecule has 0 fully saturated rings. The van der Waals surface area contributed by atoms with Crippen LogP contribution in [-0.2, 0) is 11.8 Å². The summed E-state index contributed by atoms with van der Waals surface area (Å²) in [5.74, 6) is -0.934. The zero-order valence-electron chi connectivity index (χ0n) is 16.0. The molecule has 0 aliphatic heterocycles. The maximum Gasteiger partial charge on any atom is 0.337 e. The van der Waals surface area contributed by atoms with Gasteiger partial charge in [-0.15, -0.1) is 0 Å². The van der Waals surface area contributed by atoms with Gasteiger partial charge in [-0.1, -0.05) is 23.7 Å². The van der Waals surface area contributed by atoms with Gasteiger partial charge in [0, 0.05) is 12.6 Å². The highest BCUT2D eigenvalue weighted by Gasteiger charge is 2.17. The van der Waals surface area contributed by atoms with Crippen LogP contribution in [0.1, 0.15) is 32.0 Å². The third-order valence-corrected chi connectivity index (χ3v) is 4.88. The van der Waals surface area contributed by atoms with Gasteiger partial charge >= 0.3 is 5.97 Å². The Bertz CT molecular complexity index is 1070. The predicted molar refractivity (Wildman–Crippen MR) is 109 cm³/mol. The van der Waals surface area contributed by atoms with Gasteiger partial charge in [0.05, 0.1) is 29.1 Å². The van der Waals surface area contributed by atoms with Crippen molar-refractivity contribution in [3.8, 4) is 11.3 Å². The summed E-state index contributed by atoms with van der Waals surface area (Å²) in [6.45, 7) is 4.09. The number of halogens is 1. The molecule has 28 heavy (non-hydrogen) atoms. The quantitative estimate of drug-likeness (QED) is 0.662. The molecular weight excluding hydrogens is 378 g/mol. The first-order valence-corrected chi connectivity index (χ1v) is 8.99. The van der Waals surface area contributed by atoms with E-state index in [0.717, 1.165) is 16.8 Å². The SMILES string of the molecule is COC(=O)c1ccc(Cl)c(NC(=O)c2cc(-c3ccc(C)c(C)c3)n(C)n2)c1. The van der Waals surface area contributed by atoms with Gasteiger partial charge in [-0.25, -0.2) is 4.79 Å². The number of aryl methyl sites for hydroxylation is 3. The Labute approximate surface area is 168 Å². The van der Waals surface area contributed by atoms with Crippen LogP contribution < -0.4 is 5.32 Å². The number of carbonyl (C=O) groups excluding carboxylic acids is 2. The monoisotopic (exact) mass is 397 g/mol. The number of hydrogen-bond acceptors (Lipinski definition) is 4. The molecule has 3 aromatic rings. The number of amides is 1. The second-order valence-corrected chi connectivity index (χ2v) is 6.88. The largest absolute Gasteiger partial charge is 0.465 e. The van der Waals surface area contributed by atoms with Crippen molar-refractivity contribution in [2.24, 2.45) is 7.05 Å². The van der Waals surface area contributed by atoms with E-state index in [0.29, 0.717) is 16.3 Å². The van der Waals surface area contributed by atoms with Crippen molar-refractivity contribution >= 4 is 29.2 Å². The van der Waals surface area contributed by atoms with Gasteiger partial charge in [0.15, 0.2) is 5.69 Å². The number of methoxy groups -OCH3 is 1. The molecule has 0 saturated heterocycles.